The van der Waals surface area contributed by atoms with Gasteiger partial charge in [0.1, 0.15) is 16.9 Å². The van der Waals surface area contributed by atoms with Crippen LogP contribution < -0.4 is 20.8 Å². The number of H-pyrrole nitrogens is 1. The maximum absolute atomic E-state index is 12.2. The minimum atomic E-state index is -1.63. The monoisotopic (exact) mass is 434 g/mol. The number of carbonyl (C=O) groups is 3. The third kappa shape index (κ3) is 4.94. The second-order valence-corrected chi connectivity index (χ2v) is 6.21. The van der Waals surface area contributed by atoms with E-state index >= 15 is 0 Å². The number of ether oxygens (including phenoxy) is 3. The highest BCUT2D eigenvalue weighted by Gasteiger charge is 2.27. The fraction of sp³-hybridized carbons (Fsp3) is 0.300. The lowest BCUT2D eigenvalue weighted by atomic mass is 9.95. The molecule has 0 amide bonds. The van der Waals surface area contributed by atoms with E-state index in [0.29, 0.717) is 0 Å². The van der Waals surface area contributed by atoms with Gasteiger partial charge in [0.15, 0.2) is 17.6 Å². The molecular weight excluding hydrogens is 412 g/mol. The molecule has 1 atom stereocenters. The Hall–Kier alpha value is -4.02. The van der Waals surface area contributed by atoms with E-state index in [2.05, 4.69) is 0 Å². The van der Waals surface area contributed by atoms with Gasteiger partial charge in [-0.2, -0.15) is 0 Å². The Balaban J connectivity index is 2.69. The highest BCUT2D eigenvalue weighted by molar-refractivity contribution is 6.07. The van der Waals surface area contributed by atoms with Crippen LogP contribution in [0.5, 0.6) is 11.5 Å². The summed E-state index contributed by atoms with van der Waals surface area (Å²) in [6.07, 6.45) is -0.968. The van der Waals surface area contributed by atoms with Crippen LogP contribution in [0.25, 0.3) is 11.1 Å². The number of aromatic carboxylic acids is 2. The van der Waals surface area contributed by atoms with Crippen LogP contribution in [0, 0.1) is 0 Å². The van der Waals surface area contributed by atoms with Crippen molar-refractivity contribution in [3.63, 3.8) is 0 Å². The standard InChI is InChI=1S/C20H22N2O9/c1-4-29-12-8-10(6-7-11(12)31-9(3)20(28)30-5-2)13-14(18(24)25)16(21)22-17(23)15(13)19(26)27/h6-9H,4-5H2,1-3H3,(H,24,25)(H,26,27)(H3,21,22,23). The van der Waals surface area contributed by atoms with Gasteiger partial charge in [-0.1, -0.05) is 6.07 Å². The average Bonchev–Trinajstić information content (AvgIpc) is 2.68. The number of nitrogen functional groups attached to an aromatic ring is 1. The summed E-state index contributed by atoms with van der Waals surface area (Å²) in [7, 11) is 0. The molecule has 0 fully saturated rings. The minimum Gasteiger partial charge on any atom is -0.490 e. The van der Waals surface area contributed by atoms with Gasteiger partial charge >= 0.3 is 17.9 Å². The topological polar surface area (TPSA) is 178 Å². The summed E-state index contributed by atoms with van der Waals surface area (Å²) in [5.41, 5.74) is 2.89. The Morgan fingerprint density at radius 3 is 2.26 bits per heavy atom. The maximum Gasteiger partial charge on any atom is 0.347 e. The number of benzene rings is 1. The number of anilines is 1. The van der Waals surface area contributed by atoms with Crippen molar-refractivity contribution in [3.8, 4) is 22.6 Å². The number of esters is 1. The highest BCUT2D eigenvalue weighted by Crippen LogP contribution is 2.36. The first kappa shape index (κ1) is 23.3. The summed E-state index contributed by atoms with van der Waals surface area (Å²) in [6, 6.07) is 4.01. The molecule has 0 aliphatic rings. The molecular formula is C20H22N2O9. The molecule has 0 aliphatic heterocycles. The molecule has 1 unspecified atom stereocenters. The van der Waals surface area contributed by atoms with Crippen LogP contribution in [-0.4, -0.2) is 52.4 Å². The second kappa shape index (κ2) is 9.65. The molecule has 2 aromatic rings. The Morgan fingerprint density at radius 1 is 1.06 bits per heavy atom. The van der Waals surface area contributed by atoms with E-state index in [-0.39, 0.29) is 35.8 Å². The summed E-state index contributed by atoms with van der Waals surface area (Å²) in [5, 5.41) is 19.1. The van der Waals surface area contributed by atoms with Gasteiger partial charge in [-0.15, -0.1) is 0 Å². The van der Waals surface area contributed by atoms with Gasteiger partial charge < -0.3 is 35.1 Å². The lowest BCUT2D eigenvalue weighted by Gasteiger charge is -2.18. The van der Waals surface area contributed by atoms with Crippen LogP contribution in [0.15, 0.2) is 23.0 Å². The number of aromatic nitrogens is 1. The summed E-state index contributed by atoms with van der Waals surface area (Å²) >= 11 is 0. The molecule has 1 aromatic carbocycles. The van der Waals surface area contributed by atoms with E-state index in [1.165, 1.54) is 25.1 Å². The van der Waals surface area contributed by atoms with E-state index in [0.717, 1.165) is 0 Å². The van der Waals surface area contributed by atoms with E-state index in [1.54, 1.807) is 13.8 Å². The first-order valence-corrected chi connectivity index (χ1v) is 9.25. The number of nitrogens with two attached hydrogens (primary N) is 1. The van der Waals surface area contributed by atoms with E-state index < -0.39 is 46.5 Å². The molecule has 0 saturated heterocycles. The average molecular weight is 434 g/mol. The van der Waals surface area contributed by atoms with Crippen LogP contribution >= 0.6 is 0 Å². The van der Waals surface area contributed by atoms with Crippen molar-refractivity contribution < 1.29 is 38.8 Å². The molecule has 0 aliphatic carbocycles. The predicted octanol–water partition coefficient (Wildman–Crippen LogP) is 1.75. The number of nitrogens with one attached hydrogen (secondary N) is 1. The molecule has 0 radical (unpaired) electrons. The fourth-order valence-corrected chi connectivity index (χ4v) is 2.86. The van der Waals surface area contributed by atoms with Gasteiger partial charge in [0.2, 0.25) is 0 Å². The van der Waals surface area contributed by atoms with Gasteiger partial charge in [0.25, 0.3) is 5.56 Å². The molecule has 1 heterocycles. The molecule has 1 aromatic heterocycles. The van der Waals surface area contributed by atoms with E-state index in [1.807, 2.05) is 4.98 Å². The summed E-state index contributed by atoms with van der Waals surface area (Å²) in [6.45, 7) is 5.16. The quantitative estimate of drug-likeness (QED) is 0.425. The Labute approximate surface area is 176 Å². The van der Waals surface area contributed by atoms with Crippen molar-refractivity contribution in [2.75, 3.05) is 18.9 Å². The number of rotatable bonds is 9. The number of carbonyl (C=O) groups excluding carboxylic acids is 1. The normalized spacial score (nSPS) is 11.5. The van der Waals surface area contributed by atoms with Crippen molar-refractivity contribution in [2.24, 2.45) is 0 Å². The van der Waals surface area contributed by atoms with Gasteiger partial charge in [-0.05, 0) is 38.5 Å². The van der Waals surface area contributed by atoms with Crippen LogP contribution in [-0.2, 0) is 9.53 Å². The number of carboxylic acid groups (broad SMARTS) is 2. The molecule has 11 heteroatoms. The number of hydrogen-bond donors (Lipinski definition) is 4. The van der Waals surface area contributed by atoms with Crippen LogP contribution in [0.3, 0.4) is 0 Å². The first-order chi connectivity index (χ1) is 14.6. The highest BCUT2D eigenvalue weighted by atomic mass is 16.6. The van der Waals surface area contributed by atoms with Gasteiger partial charge in [0, 0.05) is 5.56 Å². The molecule has 11 nitrogen and oxygen atoms in total. The van der Waals surface area contributed by atoms with Crippen molar-refractivity contribution in [1.82, 2.24) is 4.98 Å². The predicted molar refractivity (Wildman–Crippen MR) is 109 cm³/mol. The Bertz CT molecular complexity index is 1080. The summed E-state index contributed by atoms with van der Waals surface area (Å²) < 4.78 is 16.0. The molecule has 2 rings (SSSR count). The number of pyridine rings is 1. The van der Waals surface area contributed by atoms with Gasteiger partial charge in [-0.25, -0.2) is 14.4 Å². The second-order valence-electron chi connectivity index (χ2n) is 6.21. The minimum absolute atomic E-state index is 0.0483. The van der Waals surface area contributed by atoms with Gasteiger partial charge in [0.05, 0.1) is 13.2 Å². The first-order valence-electron chi connectivity index (χ1n) is 9.25. The van der Waals surface area contributed by atoms with Gasteiger partial charge in [-0.3, -0.25) is 4.79 Å². The van der Waals surface area contributed by atoms with E-state index in [9.17, 15) is 29.4 Å². The number of carboxylic acids is 2. The van der Waals surface area contributed by atoms with E-state index in [4.69, 9.17) is 19.9 Å². The molecule has 5 N–H and O–H groups in total. The van der Waals surface area contributed by atoms with Crippen LogP contribution in [0.2, 0.25) is 0 Å². The van der Waals surface area contributed by atoms with Crippen LogP contribution in [0.1, 0.15) is 41.5 Å². The zero-order valence-electron chi connectivity index (χ0n) is 17.1. The zero-order valence-corrected chi connectivity index (χ0v) is 17.1. The zero-order chi connectivity index (χ0) is 23.3. The molecule has 0 spiro atoms. The number of aromatic amines is 1. The van der Waals surface area contributed by atoms with Crippen molar-refractivity contribution in [1.29, 1.82) is 0 Å². The molecule has 166 valence electrons. The summed E-state index contributed by atoms with van der Waals surface area (Å²) in [4.78, 5) is 49.5. The maximum atomic E-state index is 12.2. The fourth-order valence-electron chi connectivity index (χ4n) is 2.86. The SMILES string of the molecule is CCOC(=O)C(C)Oc1ccc(-c2c(C(=O)O)c(N)[nH]c(=O)c2C(=O)O)cc1OCC. The van der Waals surface area contributed by atoms with Crippen molar-refractivity contribution >= 4 is 23.7 Å². The molecule has 0 bridgehead atoms. The Kier molecular flexibility index (Phi) is 7.24. The molecule has 31 heavy (non-hydrogen) atoms. The third-order valence-electron chi connectivity index (χ3n) is 4.13. The lowest BCUT2D eigenvalue weighted by Crippen LogP contribution is -2.26. The smallest absolute Gasteiger partial charge is 0.347 e. The van der Waals surface area contributed by atoms with Crippen molar-refractivity contribution in [3.05, 3.63) is 39.7 Å². The molecule has 0 saturated carbocycles. The number of hydrogen-bond acceptors (Lipinski definition) is 8. The van der Waals surface area contributed by atoms with Crippen LogP contribution in [0.4, 0.5) is 5.82 Å². The largest absolute Gasteiger partial charge is 0.490 e. The van der Waals surface area contributed by atoms with Crippen molar-refractivity contribution in [2.45, 2.75) is 26.9 Å². The summed E-state index contributed by atoms with van der Waals surface area (Å²) in [5.74, 6) is -4.02. The third-order valence-corrected chi connectivity index (χ3v) is 4.13. The Morgan fingerprint density at radius 2 is 1.71 bits per heavy atom. The lowest BCUT2D eigenvalue weighted by molar-refractivity contribution is -0.150.